The van der Waals surface area contributed by atoms with E-state index in [4.69, 9.17) is 0 Å². The molecule has 0 amide bonds. The van der Waals surface area contributed by atoms with E-state index in [0.29, 0.717) is 12.5 Å². The predicted molar refractivity (Wildman–Crippen MR) is 73.7 cm³/mol. The van der Waals surface area contributed by atoms with E-state index in [1.54, 1.807) is 17.5 Å². The number of hydrogen-bond acceptors (Lipinski definition) is 3. The molecule has 2 rings (SSSR count). The number of benzene rings is 1. The van der Waals surface area contributed by atoms with Gasteiger partial charge in [0.1, 0.15) is 0 Å². The summed E-state index contributed by atoms with van der Waals surface area (Å²) in [7, 11) is 0. The Labute approximate surface area is 119 Å². The smallest absolute Gasteiger partial charge is 0.312 e. The average molecular weight is 300 g/mol. The highest BCUT2D eigenvalue weighted by molar-refractivity contribution is 7.09. The van der Waals surface area contributed by atoms with Crippen molar-refractivity contribution in [3.05, 3.63) is 52.0 Å². The number of thiazole rings is 1. The third kappa shape index (κ3) is 4.05. The van der Waals surface area contributed by atoms with E-state index in [0.717, 1.165) is 29.2 Å². The minimum Gasteiger partial charge on any atom is -0.312 e. The van der Waals surface area contributed by atoms with Crippen LogP contribution in [0.25, 0.3) is 0 Å². The van der Waals surface area contributed by atoms with Gasteiger partial charge in [0, 0.05) is 30.6 Å². The van der Waals surface area contributed by atoms with Gasteiger partial charge in [-0.15, -0.1) is 11.3 Å². The van der Waals surface area contributed by atoms with Crippen molar-refractivity contribution in [1.82, 2.24) is 10.3 Å². The molecule has 6 heteroatoms. The SMILES string of the molecule is CC(CNCc1ccc(C(F)(F)F)cc1)c1nccs1. The monoisotopic (exact) mass is 300 g/mol. The summed E-state index contributed by atoms with van der Waals surface area (Å²) in [4.78, 5) is 4.23. The van der Waals surface area contributed by atoms with Gasteiger partial charge in [-0.25, -0.2) is 4.98 Å². The number of alkyl halides is 3. The first-order valence-electron chi connectivity index (χ1n) is 6.23. The molecular weight excluding hydrogens is 285 g/mol. The summed E-state index contributed by atoms with van der Waals surface area (Å²) in [5.41, 5.74) is 0.224. The second kappa shape index (κ2) is 6.37. The van der Waals surface area contributed by atoms with Crippen LogP contribution in [0.3, 0.4) is 0 Å². The van der Waals surface area contributed by atoms with Crippen molar-refractivity contribution in [2.24, 2.45) is 0 Å². The molecule has 20 heavy (non-hydrogen) atoms. The summed E-state index contributed by atoms with van der Waals surface area (Å²) in [6.45, 7) is 3.36. The molecule has 0 fully saturated rings. The van der Waals surface area contributed by atoms with Crippen LogP contribution >= 0.6 is 11.3 Å². The Morgan fingerprint density at radius 3 is 2.50 bits per heavy atom. The fourth-order valence-corrected chi connectivity index (χ4v) is 2.51. The van der Waals surface area contributed by atoms with Gasteiger partial charge in [-0.1, -0.05) is 19.1 Å². The fourth-order valence-electron chi connectivity index (χ4n) is 1.81. The van der Waals surface area contributed by atoms with Crippen LogP contribution in [0, 0.1) is 0 Å². The molecule has 0 bridgehead atoms. The largest absolute Gasteiger partial charge is 0.416 e. The standard InChI is InChI=1S/C14H15F3N2S/c1-10(13-19-6-7-20-13)8-18-9-11-2-4-12(5-3-11)14(15,16)17/h2-7,10,18H,8-9H2,1H3. The van der Waals surface area contributed by atoms with Crippen molar-refractivity contribution in [3.8, 4) is 0 Å². The van der Waals surface area contributed by atoms with E-state index >= 15 is 0 Å². The van der Waals surface area contributed by atoms with Crippen molar-refractivity contribution in [2.75, 3.05) is 6.54 Å². The van der Waals surface area contributed by atoms with Gasteiger partial charge in [0.2, 0.25) is 0 Å². The molecule has 0 spiro atoms. The van der Waals surface area contributed by atoms with Gasteiger partial charge in [0.05, 0.1) is 10.6 Å². The van der Waals surface area contributed by atoms with Gasteiger partial charge >= 0.3 is 6.18 Å². The maximum Gasteiger partial charge on any atom is 0.416 e. The average Bonchev–Trinajstić information content (AvgIpc) is 2.92. The lowest BCUT2D eigenvalue weighted by molar-refractivity contribution is -0.137. The molecule has 1 heterocycles. The van der Waals surface area contributed by atoms with Gasteiger partial charge in [0.25, 0.3) is 0 Å². The first kappa shape index (κ1) is 15.0. The van der Waals surface area contributed by atoms with Crippen molar-refractivity contribution < 1.29 is 13.2 Å². The third-order valence-electron chi connectivity index (χ3n) is 2.93. The van der Waals surface area contributed by atoms with Crippen molar-refractivity contribution in [1.29, 1.82) is 0 Å². The van der Waals surface area contributed by atoms with Crippen molar-refractivity contribution in [2.45, 2.75) is 25.6 Å². The van der Waals surface area contributed by atoms with Crippen LogP contribution in [0.4, 0.5) is 13.2 Å². The minimum absolute atomic E-state index is 0.296. The summed E-state index contributed by atoms with van der Waals surface area (Å²) in [5, 5.41) is 6.23. The predicted octanol–water partition coefficient (Wildman–Crippen LogP) is 4.06. The first-order chi connectivity index (χ1) is 9.47. The molecule has 1 N–H and O–H groups in total. The Balaban J connectivity index is 1.83. The second-order valence-corrected chi connectivity index (χ2v) is 5.52. The van der Waals surface area contributed by atoms with Crippen molar-refractivity contribution in [3.63, 3.8) is 0 Å². The Morgan fingerprint density at radius 1 is 1.25 bits per heavy atom. The topological polar surface area (TPSA) is 24.9 Å². The van der Waals surface area contributed by atoms with Gasteiger partial charge in [0.15, 0.2) is 0 Å². The highest BCUT2D eigenvalue weighted by Crippen LogP contribution is 2.29. The highest BCUT2D eigenvalue weighted by atomic mass is 32.1. The Bertz CT molecular complexity index is 520. The number of aromatic nitrogens is 1. The van der Waals surface area contributed by atoms with Gasteiger partial charge in [-0.2, -0.15) is 13.2 Å². The van der Waals surface area contributed by atoms with E-state index in [1.807, 2.05) is 5.38 Å². The van der Waals surface area contributed by atoms with Crippen LogP contribution in [0.2, 0.25) is 0 Å². The van der Waals surface area contributed by atoms with Gasteiger partial charge in [-0.05, 0) is 17.7 Å². The number of hydrogen-bond donors (Lipinski definition) is 1. The lowest BCUT2D eigenvalue weighted by atomic mass is 10.1. The van der Waals surface area contributed by atoms with E-state index in [1.165, 1.54) is 12.1 Å². The minimum atomic E-state index is -4.27. The fraction of sp³-hybridized carbons (Fsp3) is 0.357. The molecule has 2 aromatic rings. The summed E-state index contributed by atoms with van der Waals surface area (Å²) < 4.78 is 37.2. The maximum atomic E-state index is 12.4. The Morgan fingerprint density at radius 2 is 1.95 bits per heavy atom. The lowest BCUT2D eigenvalue weighted by Crippen LogP contribution is -2.19. The second-order valence-electron chi connectivity index (χ2n) is 4.60. The van der Waals surface area contributed by atoms with Gasteiger partial charge in [-0.3, -0.25) is 0 Å². The van der Waals surface area contributed by atoms with Crippen LogP contribution in [0.5, 0.6) is 0 Å². The molecule has 1 aromatic heterocycles. The molecule has 1 atom stereocenters. The Kier molecular flexibility index (Phi) is 4.77. The van der Waals surface area contributed by atoms with Crippen LogP contribution in [-0.2, 0) is 12.7 Å². The van der Waals surface area contributed by atoms with E-state index < -0.39 is 11.7 Å². The summed E-state index contributed by atoms with van der Waals surface area (Å²) in [5.74, 6) is 0.296. The van der Waals surface area contributed by atoms with E-state index in [2.05, 4.69) is 17.2 Å². The first-order valence-corrected chi connectivity index (χ1v) is 7.11. The van der Waals surface area contributed by atoms with Gasteiger partial charge < -0.3 is 5.32 Å². The van der Waals surface area contributed by atoms with Crippen molar-refractivity contribution >= 4 is 11.3 Å². The van der Waals surface area contributed by atoms with Crippen LogP contribution < -0.4 is 5.32 Å². The third-order valence-corrected chi connectivity index (χ3v) is 3.94. The summed E-state index contributed by atoms with van der Waals surface area (Å²) in [6.07, 6.45) is -2.50. The molecule has 0 aliphatic heterocycles. The van der Waals surface area contributed by atoms with E-state index in [9.17, 15) is 13.2 Å². The van der Waals surface area contributed by atoms with Crippen LogP contribution in [-0.4, -0.2) is 11.5 Å². The molecule has 0 saturated carbocycles. The van der Waals surface area contributed by atoms with Crippen LogP contribution in [0.1, 0.15) is 29.0 Å². The molecule has 1 aromatic carbocycles. The molecule has 0 radical (unpaired) electrons. The summed E-state index contributed by atoms with van der Waals surface area (Å²) in [6, 6.07) is 5.23. The number of nitrogens with zero attached hydrogens (tertiary/aromatic N) is 1. The maximum absolute atomic E-state index is 12.4. The summed E-state index contributed by atoms with van der Waals surface area (Å²) >= 11 is 1.61. The number of rotatable bonds is 5. The molecule has 0 saturated heterocycles. The highest BCUT2D eigenvalue weighted by Gasteiger charge is 2.29. The zero-order chi connectivity index (χ0) is 14.6. The Hall–Kier alpha value is -1.40. The normalized spacial score (nSPS) is 13.4. The molecule has 108 valence electrons. The molecule has 0 aliphatic carbocycles. The number of halogens is 3. The van der Waals surface area contributed by atoms with Crippen LogP contribution in [0.15, 0.2) is 35.8 Å². The molecular formula is C14H15F3N2S. The molecule has 2 nitrogen and oxygen atoms in total. The number of nitrogens with one attached hydrogen (secondary N) is 1. The molecule has 1 unspecified atom stereocenters. The quantitative estimate of drug-likeness (QED) is 0.901. The molecule has 0 aliphatic rings. The zero-order valence-corrected chi connectivity index (χ0v) is 11.8. The zero-order valence-electron chi connectivity index (χ0n) is 10.9. The van der Waals surface area contributed by atoms with E-state index in [-0.39, 0.29) is 0 Å². The lowest BCUT2D eigenvalue weighted by Gasteiger charge is -2.11.